The highest BCUT2D eigenvalue weighted by Crippen LogP contribution is 2.14. The van der Waals surface area contributed by atoms with Crippen LogP contribution in [0.25, 0.3) is 0 Å². The van der Waals surface area contributed by atoms with Crippen LogP contribution in [-0.2, 0) is 27.8 Å². The van der Waals surface area contributed by atoms with Crippen LogP contribution in [0.3, 0.4) is 0 Å². The molecule has 2 N–H and O–H groups in total. The van der Waals surface area contributed by atoms with E-state index in [1.165, 1.54) is 6.07 Å². The summed E-state index contributed by atoms with van der Waals surface area (Å²) in [7, 11) is -3.52. The van der Waals surface area contributed by atoms with Crippen molar-refractivity contribution in [3.8, 4) is 0 Å². The second kappa shape index (κ2) is 8.93. The molecule has 5 nitrogen and oxygen atoms in total. The van der Waals surface area contributed by atoms with E-state index in [1.54, 1.807) is 37.3 Å². The van der Waals surface area contributed by atoms with Gasteiger partial charge in [0.15, 0.2) is 0 Å². The van der Waals surface area contributed by atoms with Gasteiger partial charge in [0.25, 0.3) is 0 Å². The second-order valence-corrected chi connectivity index (χ2v) is 8.58. The van der Waals surface area contributed by atoms with Crippen molar-refractivity contribution in [2.24, 2.45) is 0 Å². The Morgan fingerprint density at radius 2 is 1.81 bits per heavy atom. The Balaban J connectivity index is 1.50. The van der Waals surface area contributed by atoms with Gasteiger partial charge in [-0.3, -0.25) is 0 Å². The molecule has 0 aromatic heterocycles. The van der Waals surface area contributed by atoms with Crippen molar-refractivity contribution in [2.45, 2.75) is 43.9 Å². The number of nitrogens with one attached hydrogen (secondary N) is 2. The van der Waals surface area contributed by atoms with E-state index >= 15 is 0 Å². The van der Waals surface area contributed by atoms with Gasteiger partial charge in [0, 0.05) is 26.2 Å². The van der Waals surface area contributed by atoms with Gasteiger partial charge in [-0.05, 0) is 54.7 Å². The van der Waals surface area contributed by atoms with Crippen LogP contribution in [0.4, 0.5) is 4.39 Å². The maximum Gasteiger partial charge on any atom is 0.240 e. The molecule has 1 heterocycles. The smallest absolute Gasteiger partial charge is 0.240 e. The van der Waals surface area contributed by atoms with Gasteiger partial charge in [-0.15, -0.1) is 0 Å². The van der Waals surface area contributed by atoms with Gasteiger partial charge in [0.2, 0.25) is 10.0 Å². The number of halogens is 1. The molecule has 1 fully saturated rings. The molecular weight excluding hydrogens is 367 g/mol. The average Bonchev–Trinajstić information content (AvgIpc) is 3.17. The lowest BCUT2D eigenvalue weighted by atomic mass is 10.1. The van der Waals surface area contributed by atoms with Crippen molar-refractivity contribution in [3.63, 3.8) is 0 Å². The molecule has 0 bridgehead atoms. The zero-order valence-corrected chi connectivity index (χ0v) is 16.2. The van der Waals surface area contributed by atoms with Crippen LogP contribution >= 0.6 is 0 Å². The van der Waals surface area contributed by atoms with Crippen molar-refractivity contribution < 1.29 is 17.5 Å². The van der Waals surface area contributed by atoms with Gasteiger partial charge in [-0.1, -0.05) is 24.3 Å². The van der Waals surface area contributed by atoms with Crippen molar-refractivity contribution in [1.29, 1.82) is 0 Å². The minimum Gasteiger partial charge on any atom is -0.377 e. The molecule has 2 aromatic carbocycles. The Morgan fingerprint density at radius 1 is 1.11 bits per heavy atom. The van der Waals surface area contributed by atoms with Crippen LogP contribution in [0.15, 0.2) is 47.4 Å². The first-order chi connectivity index (χ1) is 12.9. The summed E-state index contributed by atoms with van der Waals surface area (Å²) < 4.78 is 46.0. The Morgan fingerprint density at radius 3 is 2.48 bits per heavy atom. The second-order valence-electron chi connectivity index (χ2n) is 6.82. The largest absolute Gasteiger partial charge is 0.377 e. The molecule has 27 heavy (non-hydrogen) atoms. The number of hydrogen-bond acceptors (Lipinski definition) is 4. The van der Waals surface area contributed by atoms with E-state index in [4.69, 9.17) is 4.74 Å². The molecule has 0 aliphatic carbocycles. The van der Waals surface area contributed by atoms with Crippen LogP contribution in [0.1, 0.15) is 29.5 Å². The number of hydrogen-bond donors (Lipinski definition) is 2. The van der Waals surface area contributed by atoms with E-state index in [1.807, 2.05) is 6.07 Å². The van der Waals surface area contributed by atoms with Crippen LogP contribution in [-0.4, -0.2) is 27.7 Å². The molecule has 1 saturated heterocycles. The molecule has 0 saturated carbocycles. The van der Waals surface area contributed by atoms with Gasteiger partial charge < -0.3 is 10.1 Å². The topological polar surface area (TPSA) is 67.4 Å². The van der Waals surface area contributed by atoms with E-state index in [9.17, 15) is 12.8 Å². The average molecular weight is 392 g/mol. The summed E-state index contributed by atoms with van der Waals surface area (Å²) in [6.45, 7) is 3.96. The highest BCUT2D eigenvalue weighted by molar-refractivity contribution is 7.89. The molecule has 146 valence electrons. The summed E-state index contributed by atoms with van der Waals surface area (Å²) in [5.41, 5.74) is 2.61. The molecule has 1 aliphatic rings. The zero-order chi connectivity index (χ0) is 19.3. The monoisotopic (exact) mass is 392 g/mol. The lowest BCUT2D eigenvalue weighted by molar-refractivity contribution is 0.114. The van der Waals surface area contributed by atoms with Crippen molar-refractivity contribution in [1.82, 2.24) is 10.0 Å². The predicted molar refractivity (Wildman–Crippen MR) is 102 cm³/mol. The third-order valence-electron chi connectivity index (χ3n) is 4.64. The fraction of sp³-hybridized carbons (Fsp3) is 0.400. The van der Waals surface area contributed by atoms with Gasteiger partial charge in [0.05, 0.1) is 11.0 Å². The molecule has 3 rings (SSSR count). The summed E-state index contributed by atoms with van der Waals surface area (Å²) in [6.07, 6.45) is 1.84. The molecule has 7 heteroatoms. The number of ether oxygens (including phenoxy) is 1. The first kappa shape index (κ1) is 19.9. The summed E-state index contributed by atoms with van der Waals surface area (Å²) in [4.78, 5) is 0.249. The first-order valence-electron chi connectivity index (χ1n) is 9.10. The Hall–Kier alpha value is -1.80. The zero-order valence-electron chi connectivity index (χ0n) is 15.4. The van der Waals surface area contributed by atoms with E-state index in [0.717, 1.165) is 24.0 Å². The summed E-state index contributed by atoms with van der Waals surface area (Å²) in [6, 6.07) is 11.8. The third-order valence-corrected chi connectivity index (χ3v) is 6.08. The molecule has 0 radical (unpaired) electrons. The lowest BCUT2D eigenvalue weighted by Gasteiger charge is -2.12. The van der Waals surface area contributed by atoms with Crippen LogP contribution in [0.2, 0.25) is 0 Å². The summed E-state index contributed by atoms with van der Waals surface area (Å²) >= 11 is 0. The number of aryl methyl sites for hydroxylation is 1. The summed E-state index contributed by atoms with van der Waals surface area (Å²) in [5, 5.41) is 3.28. The fourth-order valence-corrected chi connectivity index (χ4v) is 4.11. The Labute approximate surface area is 160 Å². The molecule has 1 atom stereocenters. The van der Waals surface area contributed by atoms with E-state index in [0.29, 0.717) is 31.8 Å². The number of rotatable bonds is 8. The third kappa shape index (κ3) is 5.59. The Kier molecular flexibility index (Phi) is 6.59. The van der Waals surface area contributed by atoms with E-state index < -0.39 is 10.0 Å². The number of benzene rings is 2. The Bertz CT molecular complexity index is 863. The highest BCUT2D eigenvalue weighted by Gasteiger charge is 2.20. The fourth-order valence-electron chi connectivity index (χ4n) is 3.05. The molecule has 1 unspecified atom stereocenters. The maximum absolute atomic E-state index is 13.3. The minimum atomic E-state index is -3.52. The van der Waals surface area contributed by atoms with Crippen LogP contribution in [0.5, 0.6) is 0 Å². The van der Waals surface area contributed by atoms with E-state index in [2.05, 4.69) is 10.0 Å². The SMILES string of the molecule is Cc1cc(CNCc2ccc(S(=O)(=O)NCC3CCCO3)cc2)ccc1F. The molecule has 0 amide bonds. The maximum atomic E-state index is 13.3. The highest BCUT2D eigenvalue weighted by atomic mass is 32.2. The van der Waals surface area contributed by atoms with Crippen molar-refractivity contribution in [3.05, 3.63) is 65.0 Å². The van der Waals surface area contributed by atoms with Crippen LogP contribution < -0.4 is 10.0 Å². The quantitative estimate of drug-likeness (QED) is 0.725. The van der Waals surface area contributed by atoms with E-state index in [-0.39, 0.29) is 16.8 Å². The predicted octanol–water partition coefficient (Wildman–Crippen LogP) is 2.88. The summed E-state index contributed by atoms with van der Waals surface area (Å²) in [5.74, 6) is -0.205. The van der Waals surface area contributed by atoms with Gasteiger partial charge >= 0.3 is 0 Å². The van der Waals surface area contributed by atoms with Gasteiger partial charge in [-0.25, -0.2) is 17.5 Å². The van der Waals surface area contributed by atoms with Crippen LogP contribution in [0, 0.1) is 12.7 Å². The van der Waals surface area contributed by atoms with Crippen molar-refractivity contribution >= 4 is 10.0 Å². The molecule has 0 spiro atoms. The van der Waals surface area contributed by atoms with Gasteiger partial charge in [-0.2, -0.15) is 0 Å². The normalized spacial score (nSPS) is 17.3. The van der Waals surface area contributed by atoms with Gasteiger partial charge in [0.1, 0.15) is 5.82 Å². The molecule has 1 aliphatic heterocycles. The molecule has 2 aromatic rings. The lowest BCUT2D eigenvalue weighted by Crippen LogP contribution is -2.31. The standard InChI is InChI=1S/C20H25FN2O3S/c1-15-11-17(6-9-20(15)21)13-22-12-16-4-7-19(8-5-16)27(24,25)23-14-18-3-2-10-26-18/h4-9,11,18,22-23H,2-3,10,12-14H2,1H3. The first-order valence-corrected chi connectivity index (χ1v) is 10.6. The number of sulfonamides is 1. The molecular formula is C20H25FN2O3S. The van der Waals surface area contributed by atoms with Crippen molar-refractivity contribution in [2.75, 3.05) is 13.2 Å². The minimum absolute atomic E-state index is 0.0293.